The number of anilines is 1. The molecule has 0 spiro atoms. The number of nitrogens with one attached hydrogen (secondary N) is 1. The summed E-state index contributed by atoms with van der Waals surface area (Å²) in [4.78, 5) is 8.24. The molecule has 2 rings (SSSR count). The van der Waals surface area contributed by atoms with E-state index in [4.69, 9.17) is 5.73 Å². The van der Waals surface area contributed by atoms with Gasteiger partial charge in [0.2, 0.25) is 11.1 Å². The van der Waals surface area contributed by atoms with Crippen LogP contribution in [0.1, 0.15) is 19.7 Å². The molecule has 0 amide bonds. The number of rotatable bonds is 5. The molecule has 0 saturated carbocycles. The van der Waals surface area contributed by atoms with Crippen LogP contribution in [-0.2, 0) is 12.3 Å². The molecule has 0 fully saturated rings. The fourth-order valence-electron chi connectivity index (χ4n) is 1.35. The van der Waals surface area contributed by atoms with Crippen LogP contribution in [0.2, 0.25) is 0 Å². The van der Waals surface area contributed by atoms with E-state index >= 15 is 0 Å². The third kappa shape index (κ3) is 3.19. The van der Waals surface area contributed by atoms with Crippen molar-refractivity contribution in [3.63, 3.8) is 0 Å². The summed E-state index contributed by atoms with van der Waals surface area (Å²) in [5, 5.41) is 11.4. The zero-order valence-corrected chi connectivity index (χ0v) is 10.6. The van der Waals surface area contributed by atoms with Crippen LogP contribution in [0.15, 0.2) is 11.5 Å². The summed E-state index contributed by atoms with van der Waals surface area (Å²) in [6, 6.07) is 0. The summed E-state index contributed by atoms with van der Waals surface area (Å²) < 4.78 is 1.91. The van der Waals surface area contributed by atoms with E-state index in [9.17, 15) is 0 Å². The highest BCUT2D eigenvalue weighted by atomic mass is 32.2. The molecule has 2 aromatic heterocycles. The van der Waals surface area contributed by atoms with Crippen molar-refractivity contribution in [1.82, 2.24) is 29.9 Å². The second-order valence-electron chi connectivity index (χ2n) is 4.04. The minimum atomic E-state index is 0.330. The van der Waals surface area contributed by atoms with Crippen LogP contribution in [0.5, 0.6) is 0 Å². The number of aromatic amines is 1. The van der Waals surface area contributed by atoms with Gasteiger partial charge in [-0.15, -0.1) is 5.10 Å². The fourth-order valence-corrected chi connectivity index (χ4v) is 2.10. The second kappa shape index (κ2) is 5.17. The number of thioether (sulfide) groups is 1. The lowest BCUT2D eigenvalue weighted by Gasteiger charge is -2.07. The average Bonchev–Trinajstić information content (AvgIpc) is 2.84. The van der Waals surface area contributed by atoms with E-state index < -0.39 is 0 Å². The predicted octanol–water partition coefficient (Wildman–Crippen LogP) is 0.927. The third-order valence-corrected chi connectivity index (χ3v) is 2.89. The molecule has 0 aliphatic rings. The molecule has 2 heterocycles. The maximum atomic E-state index is 5.45. The monoisotopic (exact) mass is 253 g/mol. The van der Waals surface area contributed by atoms with Gasteiger partial charge in [0.05, 0.1) is 5.75 Å². The van der Waals surface area contributed by atoms with Crippen molar-refractivity contribution in [2.75, 3.05) is 5.73 Å². The largest absolute Gasteiger partial charge is 0.368 e. The zero-order chi connectivity index (χ0) is 12.3. The summed E-state index contributed by atoms with van der Waals surface area (Å²) in [5.41, 5.74) is 5.45. The first kappa shape index (κ1) is 11.9. The van der Waals surface area contributed by atoms with E-state index in [1.165, 1.54) is 11.8 Å². The molecule has 0 radical (unpaired) electrons. The Hall–Kier alpha value is -1.57. The molecule has 3 N–H and O–H groups in total. The van der Waals surface area contributed by atoms with E-state index in [0.29, 0.717) is 22.8 Å². The van der Waals surface area contributed by atoms with E-state index in [2.05, 4.69) is 39.1 Å². The van der Waals surface area contributed by atoms with E-state index in [0.717, 1.165) is 12.4 Å². The van der Waals surface area contributed by atoms with Crippen LogP contribution in [0.3, 0.4) is 0 Å². The molecule has 0 aliphatic heterocycles. The van der Waals surface area contributed by atoms with E-state index in [-0.39, 0.29) is 0 Å². The lowest BCUT2D eigenvalue weighted by atomic mass is 10.2. The zero-order valence-electron chi connectivity index (χ0n) is 9.79. The first-order valence-corrected chi connectivity index (χ1v) is 6.31. The van der Waals surface area contributed by atoms with Crippen LogP contribution >= 0.6 is 11.8 Å². The van der Waals surface area contributed by atoms with Crippen molar-refractivity contribution in [3.05, 3.63) is 12.2 Å². The quantitative estimate of drug-likeness (QED) is 0.769. The molecule has 17 heavy (non-hydrogen) atoms. The van der Waals surface area contributed by atoms with Crippen molar-refractivity contribution in [2.45, 2.75) is 31.3 Å². The number of hydrogen-bond donors (Lipinski definition) is 2. The molecule has 0 unspecified atom stereocenters. The van der Waals surface area contributed by atoms with E-state index in [1.807, 2.05) is 4.68 Å². The minimum absolute atomic E-state index is 0.330. The molecule has 2 aromatic rings. The maximum absolute atomic E-state index is 5.45. The minimum Gasteiger partial charge on any atom is -0.368 e. The lowest BCUT2D eigenvalue weighted by Crippen LogP contribution is -2.09. The van der Waals surface area contributed by atoms with Gasteiger partial charge in [0.15, 0.2) is 0 Å². The summed E-state index contributed by atoms with van der Waals surface area (Å²) in [5.74, 6) is 2.48. The fraction of sp³-hybridized carbons (Fsp3) is 0.556. The Labute approximate surface area is 103 Å². The molecule has 7 nitrogen and oxygen atoms in total. The van der Waals surface area contributed by atoms with Crippen molar-refractivity contribution in [3.8, 4) is 0 Å². The third-order valence-electron chi connectivity index (χ3n) is 2.05. The van der Waals surface area contributed by atoms with Gasteiger partial charge < -0.3 is 5.73 Å². The topological polar surface area (TPSA) is 98.3 Å². The smallest absolute Gasteiger partial charge is 0.216 e. The molecule has 8 heteroatoms. The number of nitrogens with two attached hydrogens (primary N) is 1. The normalized spacial score (nSPS) is 11.2. The van der Waals surface area contributed by atoms with Gasteiger partial charge in [0.1, 0.15) is 12.2 Å². The van der Waals surface area contributed by atoms with Crippen LogP contribution in [0.25, 0.3) is 0 Å². The highest BCUT2D eigenvalue weighted by Crippen LogP contribution is 2.18. The first-order chi connectivity index (χ1) is 8.15. The second-order valence-corrected chi connectivity index (χ2v) is 4.99. The molecule has 0 aliphatic carbocycles. The number of aromatic nitrogens is 6. The Morgan fingerprint density at radius 1 is 1.53 bits per heavy atom. The molecule has 0 saturated heterocycles. The van der Waals surface area contributed by atoms with Crippen LogP contribution in [0, 0.1) is 5.92 Å². The maximum Gasteiger partial charge on any atom is 0.216 e. The van der Waals surface area contributed by atoms with Crippen molar-refractivity contribution in [2.24, 2.45) is 5.92 Å². The van der Waals surface area contributed by atoms with Gasteiger partial charge in [0, 0.05) is 6.54 Å². The van der Waals surface area contributed by atoms with Crippen LogP contribution in [0.4, 0.5) is 5.95 Å². The molecular weight excluding hydrogens is 238 g/mol. The van der Waals surface area contributed by atoms with Crippen molar-refractivity contribution < 1.29 is 0 Å². The molecule has 0 atom stereocenters. The summed E-state index contributed by atoms with van der Waals surface area (Å²) >= 11 is 1.48. The van der Waals surface area contributed by atoms with Gasteiger partial charge in [-0.2, -0.15) is 10.1 Å². The molecule has 92 valence electrons. The summed E-state index contributed by atoms with van der Waals surface area (Å²) in [6.07, 6.45) is 1.57. The van der Waals surface area contributed by atoms with Gasteiger partial charge in [-0.05, 0) is 5.92 Å². The Balaban J connectivity index is 1.97. The average molecular weight is 253 g/mol. The number of hydrogen-bond acceptors (Lipinski definition) is 6. The van der Waals surface area contributed by atoms with Crippen molar-refractivity contribution in [1.29, 1.82) is 0 Å². The number of H-pyrrole nitrogens is 1. The first-order valence-electron chi connectivity index (χ1n) is 5.32. The number of nitrogens with zero attached hydrogens (tertiary/aromatic N) is 5. The highest BCUT2D eigenvalue weighted by Gasteiger charge is 2.08. The van der Waals surface area contributed by atoms with Gasteiger partial charge in [0.25, 0.3) is 0 Å². The Bertz CT molecular complexity index is 475. The highest BCUT2D eigenvalue weighted by molar-refractivity contribution is 7.98. The SMILES string of the molecule is CC(C)Cn1ncnc1CSc1n[nH]c(N)n1. The molecular formula is C9H15N7S. The van der Waals surface area contributed by atoms with Gasteiger partial charge in [-0.3, -0.25) is 0 Å². The Morgan fingerprint density at radius 3 is 3.00 bits per heavy atom. The summed E-state index contributed by atoms with van der Waals surface area (Å²) in [7, 11) is 0. The van der Waals surface area contributed by atoms with E-state index in [1.54, 1.807) is 6.33 Å². The molecule has 0 aromatic carbocycles. The standard InChI is InChI=1S/C9H15N7S/c1-6(2)3-16-7(11-5-12-16)4-17-9-13-8(10)14-15-9/h5-6H,3-4H2,1-2H3,(H3,10,13,14,15). The summed E-state index contributed by atoms with van der Waals surface area (Å²) in [6.45, 7) is 5.16. The predicted molar refractivity (Wildman–Crippen MR) is 65.2 cm³/mol. The van der Waals surface area contributed by atoms with Gasteiger partial charge in [-0.1, -0.05) is 25.6 Å². The van der Waals surface area contributed by atoms with Gasteiger partial charge in [-0.25, -0.2) is 14.8 Å². The van der Waals surface area contributed by atoms with Gasteiger partial charge >= 0.3 is 0 Å². The Morgan fingerprint density at radius 2 is 2.35 bits per heavy atom. The number of nitrogen functional groups attached to an aromatic ring is 1. The lowest BCUT2D eigenvalue weighted by molar-refractivity contribution is 0.471. The van der Waals surface area contributed by atoms with Crippen molar-refractivity contribution >= 4 is 17.7 Å². The van der Waals surface area contributed by atoms with Crippen LogP contribution < -0.4 is 5.73 Å². The Kier molecular flexibility index (Phi) is 3.62. The molecule has 0 bridgehead atoms. The van der Waals surface area contributed by atoms with Crippen LogP contribution in [-0.4, -0.2) is 29.9 Å².